The third-order valence-electron chi connectivity index (χ3n) is 2.68. The molecule has 1 aromatic carbocycles. The van der Waals surface area contributed by atoms with Crippen LogP contribution >= 0.6 is 11.8 Å². The van der Waals surface area contributed by atoms with Gasteiger partial charge in [0.2, 0.25) is 0 Å². The van der Waals surface area contributed by atoms with Gasteiger partial charge in [-0.05, 0) is 12.1 Å². The van der Waals surface area contributed by atoms with E-state index in [2.05, 4.69) is 19.9 Å². The minimum absolute atomic E-state index is 0.00652. The molecule has 102 valence electrons. The van der Waals surface area contributed by atoms with Crippen molar-refractivity contribution in [1.82, 2.24) is 19.9 Å². The first kappa shape index (κ1) is 13.0. The second-order valence-corrected chi connectivity index (χ2v) is 4.71. The number of H-pyrrole nitrogens is 1. The minimum atomic E-state index is -0.623. The molecule has 0 spiro atoms. The highest BCUT2D eigenvalue weighted by molar-refractivity contribution is 8.03. The van der Waals surface area contributed by atoms with Gasteiger partial charge in [0.15, 0.2) is 16.7 Å². The fourth-order valence-electron chi connectivity index (χ4n) is 1.78. The molecule has 2 aromatic heterocycles. The van der Waals surface area contributed by atoms with Crippen LogP contribution in [0.2, 0.25) is 0 Å². The number of aromatic amines is 1. The lowest BCUT2D eigenvalue weighted by Crippen LogP contribution is -1.98. The minimum Gasteiger partial charge on any atom is -0.335 e. The number of nitrogens with one attached hydrogen (secondary N) is 1. The molecule has 8 nitrogen and oxygen atoms in total. The Hall–Kier alpha value is -2.99. The lowest BCUT2D eigenvalue weighted by atomic mass is 10.3. The third kappa shape index (κ3) is 2.39. The van der Waals surface area contributed by atoms with E-state index in [1.807, 2.05) is 24.3 Å². The number of para-hydroxylation sites is 2. The topological polar surface area (TPSA) is 121 Å². The number of thioether (sulfide) groups is 1. The lowest BCUT2D eigenvalue weighted by molar-refractivity contribution is -0.388. The standard InChI is InChI=1S/C12H6N6O2S/c13-6-21-12-9(18(19)20)5-14-10(17-12)11-15-7-3-1-2-4-8(7)16-11/h1-5H,(H,15,16). The highest BCUT2D eigenvalue weighted by atomic mass is 32.2. The predicted octanol–water partition coefficient (Wildman–Crippen LogP) is 2.50. The molecule has 0 aliphatic heterocycles. The number of rotatable bonds is 3. The summed E-state index contributed by atoms with van der Waals surface area (Å²) in [5.74, 6) is 0.598. The Morgan fingerprint density at radius 3 is 2.86 bits per heavy atom. The maximum Gasteiger partial charge on any atom is 0.320 e. The number of nitrogens with zero attached hydrogens (tertiary/aromatic N) is 5. The van der Waals surface area contributed by atoms with Crippen LogP contribution in [0.15, 0.2) is 35.5 Å². The fourth-order valence-corrected chi connectivity index (χ4v) is 2.23. The van der Waals surface area contributed by atoms with Gasteiger partial charge >= 0.3 is 5.69 Å². The Bertz CT molecular complexity index is 852. The van der Waals surface area contributed by atoms with Crippen molar-refractivity contribution in [3.05, 3.63) is 40.6 Å². The predicted molar refractivity (Wildman–Crippen MR) is 75.2 cm³/mol. The molecule has 3 aromatic rings. The average molecular weight is 298 g/mol. The van der Waals surface area contributed by atoms with E-state index in [-0.39, 0.29) is 16.5 Å². The second-order valence-electron chi connectivity index (χ2n) is 3.94. The summed E-state index contributed by atoms with van der Waals surface area (Å²) in [5.41, 5.74) is 1.24. The Labute approximate surface area is 122 Å². The van der Waals surface area contributed by atoms with Crippen LogP contribution < -0.4 is 0 Å². The molecule has 0 aliphatic carbocycles. The second kappa shape index (κ2) is 5.18. The molecule has 0 fully saturated rings. The van der Waals surface area contributed by atoms with Crippen LogP contribution in [0.1, 0.15) is 0 Å². The van der Waals surface area contributed by atoms with E-state index in [1.54, 1.807) is 5.40 Å². The van der Waals surface area contributed by atoms with Gasteiger partial charge in [-0.1, -0.05) is 12.1 Å². The summed E-state index contributed by atoms with van der Waals surface area (Å²) >= 11 is 0.617. The number of hydrogen-bond donors (Lipinski definition) is 1. The van der Waals surface area contributed by atoms with E-state index < -0.39 is 4.92 Å². The number of benzene rings is 1. The molecule has 0 saturated carbocycles. The zero-order chi connectivity index (χ0) is 14.8. The molecule has 3 rings (SSSR count). The zero-order valence-corrected chi connectivity index (χ0v) is 11.2. The summed E-state index contributed by atoms with van der Waals surface area (Å²) in [6, 6.07) is 7.38. The summed E-state index contributed by atoms with van der Waals surface area (Å²) in [5, 5.41) is 21.3. The fraction of sp³-hybridized carbons (Fsp3) is 0. The molecule has 0 atom stereocenters. The van der Waals surface area contributed by atoms with Crippen LogP contribution in [0, 0.1) is 20.8 Å². The van der Waals surface area contributed by atoms with E-state index in [4.69, 9.17) is 5.26 Å². The molecular weight excluding hydrogens is 292 g/mol. The molecule has 0 amide bonds. The van der Waals surface area contributed by atoms with Crippen molar-refractivity contribution in [2.24, 2.45) is 0 Å². The first-order valence-electron chi connectivity index (χ1n) is 5.71. The number of aromatic nitrogens is 4. The molecule has 2 heterocycles. The first-order valence-corrected chi connectivity index (χ1v) is 6.53. The summed E-state index contributed by atoms with van der Waals surface area (Å²) in [6.07, 6.45) is 1.08. The molecule has 0 saturated heterocycles. The van der Waals surface area contributed by atoms with Crippen LogP contribution in [-0.2, 0) is 0 Å². The maximum absolute atomic E-state index is 10.9. The van der Waals surface area contributed by atoms with Gasteiger partial charge in [0, 0.05) is 11.8 Å². The Balaban J connectivity index is 2.12. The first-order chi connectivity index (χ1) is 10.2. The summed E-state index contributed by atoms with van der Waals surface area (Å²) in [6.45, 7) is 0. The molecule has 0 unspecified atom stereocenters. The highest BCUT2D eigenvalue weighted by Gasteiger charge is 2.19. The molecule has 9 heteroatoms. The molecular formula is C12H6N6O2S. The van der Waals surface area contributed by atoms with Crippen LogP contribution in [0.5, 0.6) is 0 Å². The van der Waals surface area contributed by atoms with Crippen LogP contribution in [0.25, 0.3) is 22.7 Å². The van der Waals surface area contributed by atoms with Gasteiger partial charge in [-0.3, -0.25) is 10.1 Å². The van der Waals surface area contributed by atoms with Gasteiger partial charge in [0.25, 0.3) is 0 Å². The SMILES string of the molecule is N#CSc1nc(-c2nc3ccccc3[nH]2)ncc1[N+](=O)[O-]. The summed E-state index contributed by atoms with van der Waals surface area (Å²) in [7, 11) is 0. The lowest BCUT2D eigenvalue weighted by Gasteiger charge is -1.99. The normalized spacial score (nSPS) is 10.4. The third-order valence-corrected chi connectivity index (χ3v) is 3.26. The van der Waals surface area contributed by atoms with Crippen molar-refractivity contribution >= 4 is 28.5 Å². The number of imidazole rings is 1. The van der Waals surface area contributed by atoms with E-state index in [1.165, 1.54) is 0 Å². The van der Waals surface area contributed by atoms with Crippen molar-refractivity contribution in [2.75, 3.05) is 0 Å². The van der Waals surface area contributed by atoms with Gasteiger partial charge < -0.3 is 4.98 Å². The van der Waals surface area contributed by atoms with E-state index in [9.17, 15) is 10.1 Å². The number of nitriles is 1. The van der Waals surface area contributed by atoms with Gasteiger partial charge in [0.1, 0.15) is 11.6 Å². The Morgan fingerprint density at radius 2 is 2.14 bits per heavy atom. The van der Waals surface area contributed by atoms with Crippen LogP contribution in [-0.4, -0.2) is 24.9 Å². The van der Waals surface area contributed by atoms with E-state index in [0.29, 0.717) is 17.6 Å². The highest BCUT2D eigenvalue weighted by Crippen LogP contribution is 2.27. The maximum atomic E-state index is 10.9. The molecule has 0 bridgehead atoms. The van der Waals surface area contributed by atoms with Crippen molar-refractivity contribution in [2.45, 2.75) is 5.03 Å². The van der Waals surface area contributed by atoms with Crippen molar-refractivity contribution in [3.63, 3.8) is 0 Å². The Kier molecular flexibility index (Phi) is 3.21. The molecule has 1 N–H and O–H groups in total. The van der Waals surface area contributed by atoms with Crippen LogP contribution in [0.3, 0.4) is 0 Å². The number of nitro groups is 1. The van der Waals surface area contributed by atoms with Crippen molar-refractivity contribution in [1.29, 1.82) is 5.26 Å². The van der Waals surface area contributed by atoms with E-state index >= 15 is 0 Å². The van der Waals surface area contributed by atoms with Gasteiger partial charge in [-0.25, -0.2) is 15.0 Å². The van der Waals surface area contributed by atoms with Gasteiger partial charge in [-0.2, -0.15) is 5.26 Å². The summed E-state index contributed by atoms with van der Waals surface area (Å²) < 4.78 is 0. The smallest absolute Gasteiger partial charge is 0.320 e. The Morgan fingerprint density at radius 1 is 1.33 bits per heavy atom. The molecule has 0 aliphatic rings. The van der Waals surface area contributed by atoms with Crippen LogP contribution in [0.4, 0.5) is 5.69 Å². The average Bonchev–Trinajstić information content (AvgIpc) is 2.91. The van der Waals surface area contributed by atoms with Gasteiger partial charge in [0.05, 0.1) is 16.0 Å². The van der Waals surface area contributed by atoms with Crippen molar-refractivity contribution < 1.29 is 4.92 Å². The number of thiocyanates is 1. The largest absolute Gasteiger partial charge is 0.335 e. The number of hydrogen-bond acceptors (Lipinski definition) is 7. The monoisotopic (exact) mass is 298 g/mol. The zero-order valence-electron chi connectivity index (χ0n) is 10.3. The molecule has 21 heavy (non-hydrogen) atoms. The summed E-state index contributed by atoms with van der Waals surface area (Å²) in [4.78, 5) is 25.6. The van der Waals surface area contributed by atoms with Gasteiger partial charge in [-0.15, -0.1) is 0 Å². The molecule has 0 radical (unpaired) electrons. The quantitative estimate of drug-likeness (QED) is 0.259. The number of fused-ring (bicyclic) bond motifs is 1. The van der Waals surface area contributed by atoms with E-state index in [0.717, 1.165) is 17.2 Å². The van der Waals surface area contributed by atoms with Crippen molar-refractivity contribution in [3.8, 4) is 17.1 Å².